The van der Waals surface area contributed by atoms with Crippen molar-refractivity contribution in [3.8, 4) is 0 Å². The minimum atomic E-state index is -4.96. The van der Waals surface area contributed by atoms with Gasteiger partial charge >= 0.3 is 39.5 Å². The van der Waals surface area contributed by atoms with Gasteiger partial charge in [0, 0.05) is 25.7 Å². The molecule has 0 rings (SSSR count). The van der Waals surface area contributed by atoms with Gasteiger partial charge in [-0.3, -0.25) is 37.3 Å². The van der Waals surface area contributed by atoms with Gasteiger partial charge in [-0.05, 0) is 31.6 Å². The predicted molar refractivity (Wildman–Crippen MR) is 391 cm³/mol. The number of hydrogen-bond acceptors (Lipinski definition) is 15. The summed E-state index contributed by atoms with van der Waals surface area (Å²) in [6.45, 7) is 7.24. The van der Waals surface area contributed by atoms with Gasteiger partial charge in [-0.25, -0.2) is 9.13 Å². The first-order valence-electron chi connectivity index (χ1n) is 40.1. The zero-order chi connectivity index (χ0) is 70.5. The van der Waals surface area contributed by atoms with Gasteiger partial charge < -0.3 is 33.8 Å². The van der Waals surface area contributed by atoms with E-state index in [-0.39, 0.29) is 25.7 Å². The second-order valence-electron chi connectivity index (χ2n) is 28.2. The largest absolute Gasteiger partial charge is 0.472 e. The van der Waals surface area contributed by atoms with Gasteiger partial charge in [0.1, 0.15) is 19.3 Å². The van der Waals surface area contributed by atoms with Gasteiger partial charge in [-0.15, -0.1) is 0 Å². The summed E-state index contributed by atoms with van der Waals surface area (Å²) in [4.78, 5) is 72.8. The van der Waals surface area contributed by atoms with Crippen LogP contribution in [0.1, 0.15) is 407 Å². The highest BCUT2D eigenvalue weighted by Crippen LogP contribution is 2.45. The smallest absolute Gasteiger partial charge is 0.462 e. The van der Waals surface area contributed by atoms with E-state index in [0.717, 1.165) is 95.8 Å². The molecule has 570 valence electrons. The molecule has 5 atom stereocenters. The summed E-state index contributed by atoms with van der Waals surface area (Å²) in [5, 5.41) is 10.6. The molecule has 2 unspecified atom stereocenters. The van der Waals surface area contributed by atoms with Crippen LogP contribution in [0.4, 0.5) is 0 Å². The number of hydrogen-bond donors (Lipinski definition) is 3. The molecule has 0 radical (unpaired) electrons. The van der Waals surface area contributed by atoms with Crippen molar-refractivity contribution in [2.75, 3.05) is 39.6 Å². The highest BCUT2D eigenvalue weighted by Gasteiger charge is 2.30. The zero-order valence-corrected chi connectivity index (χ0v) is 64.3. The van der Waals surface area contributed by atoms with Crippen LogP contribution in [-0.2, 0) is 65.4 Å². The zero-order valence-electron chi connectivity index (χ0n) is 62.5. The topological polar surface area (TPSA) is 237 Å². The Morgan fingerprint density at radius 1 is 0.281 bits per heavy atom. The lowest BCUT2D eigenvalue weighted by molar-refractivity contribution is -0.161. The number of phosphoric ester groups is 2. The van der Waals surface area contributed by atoms with Crippen LogP contribution in [0.25, 0.3) is 0 Å². The van der Waals surface area contributed by atoms with Crippen LogP contribution in [0.5, 0.6) is 0 Å². The molecule has 96 heavy (non-hydrogen) atoms. The summed E-state index contributed by atoms with van der Waals surface area (Å²) < 4.78 is 68.5. The van der Waals surface area contributed by atoms with E-state index in [2.05, 4.69) is 34.6 Å². The monoisotopic (exact) mass is 1410 g/mol. The maximum atomic E-state index is 13.1. The highest BCUT2D eigenvalue weighted by molar-refractivity contribution is 7.47. The Bertz CT molecular complexity index is 1840. The van der Waals surface area contributed by atoms with Crippen molar-refractivity contribution in [3.05, 3.63) is 0 Å². The van der Waals surface area contributed by atoms with E-state index in [1.165, 1.54) is 231 Å². The lowest BCUT2D eigenvalue weighted by atomic mass is 10.0. The molecule has 0 aliphatic rings. The molecule has 0 saturated carbocycles. The first-order chi connectivity index (χ1) is 46.5. The van der Waals surface area contributed by atoms with Crippen molar-refractivity contribution < 1.29 is 80.2 Å². The van der Waals surface area contributed by atoms with E-state index >= 15 is 0 Å². The van der Waals surface area contributed by atoms with Crippen molar-refractivity contribution >= 4 is 39.5 Å². The van der Waals surface area contributed by atoms with Gasteiger partial charge in [0.15, 0.2) is 12.2 Å². The second-order valence-corrected chi connectivity index (χ2v) is 31.1. The van der Waals surface area contributed by atoms with Gasteiger partial charge in [-0.1, -0.05) is 356 Å². The summed E-state index contributed by atoms with van der Waals surface area (Å²) >= 11 is 0. The van der Waals surface area contributed by atoms with Gasteiger partial charge in [-0.2, -0.15) is 0 Å². The number of ether oxygens (including phenoxy) is 4. The molecule has 0 aliphatic heterocycles. The fourth-order valence-electron chi connectivity index (χ4n) is 11.9. The number of esters is 4. The molecule has 0 aromatic rings. The van der Waals surface area contributed by atoms with Crippen LogP contribution < -0.4 is 0 Å². The Morgan fingerprint density at radius 3 is 0.708 bits per heavy atom. The first-order valence-corrected chi connectivity index (χ1v) is 43.1. The molecule has 0 saturated heterocycles. The maximum Gasteiger partial charge on any atom is 0.472 e. The van der Waals surface area contributed by atoms with Gasteiger partial charge in [0.05, 0.1) is 26.4 Å². The number of carbonyl (C=O) groups is 4. The van der Waals surface area contributed by atoms with Crippen LogP contribution >= 0.6 is 15.6 Å². The lowest BCUT2D eigenvalue weighted by Crippen LogP contribution is -2.30. The third-order valence-electron chi connectivity index (χ3n) is 18.0. The van der Waals surface area contributed by atoms with E-state index in [4.69, 9.17) is 37.0 Å². The molecule has 0 fully saturated rings. The second kappa shape index (κ2) is 70.1. The van der Waals surface area contributed by atoms with E-state index in [0.29, 0.717) is 25.7 Å². The fraction of sp³-hybridized carbons (Fsp3) is 0.948. The average molecular weight is 1410 g/mol. The average Bonchev–Trinajstić information content (AvgIpc) is 2.23. The van der Waals surface area contributed by atoms with Crippen LogP contribution in [0.2, 0.25) is 0 Å². The standard InChI is InChI=1S/C77H150O17P2/c1-6-9-12-15-18-21-23-25-27-28-29-30-31-32-34-36-38-41-47-52-57-62-76(81)93-72(67-88-75(80)61-56-51-46-40-37-35-33-26-24-22-19-16-13-10-7-2)68-91-95(83,84)89-64-71(78)65-90-96(85,86)92-69-73(66-87-74(79)60-55-50-45-39-20-17-14-11-8-3)94-77(82)63-58-53-48-43-42-44-49-54-59-70(4)5/h70-73,78H,6-69H2,1-5H3,(H,83,84)(H,85,86)/t71-,72-,73-/m1/s1. The molecule has 0 aromatic carbocycles. The molecule has 0 spiro atoms. The van der Waals surface area contributed by atoms with Gasteiger partial charge in [0.2, 0.25) is 0 Å². The molecule has 3 N–H and O–H groups in total. The van der Waals surface area contributed by atoms with Crippen molar-refractivity contribution in [2.45, 2.75) is 425 Å². The van der Waals surface area contributed by atoms with E-state index in [1.807, 2.05) is 0 Å². The van der Waals surface area contributed by atoms with E-state index in [9.17, 15) is 43.2 Å². The fourth-order valence-corrected chi connectivity index (χ4v) is 13.5. The summed E-state index contributed by atoms with van der Waals surface area (Å²) in [7, 11) is -9.91. The third kappa shape index (κ3) is 70.5. The molecule has 0 aromatic heterocycles. The Kier molecular flexibility index (Phi) is 68.7. The third-order valence-corrected chi connectivity index (χ3v) is 19.9. The number of phosphoric acid groups is 2. The Hall–Kier alpha value is -1.94. The van der Waals surface area contributed by atoms with Crippen molar-refractivity contribution in [1.29, 1.82) is 0 Å². The molecular formula is C77H150O17P2. The van der Waals surface area contributed by atoms with Crippen molar-refractivity contribution in [2.24, 2.45) is 5.92 Å². The van der Waals surface area contributed by atoms with Crippen LogP contribution in [0.15, 0.2) is 0 Å². The molecule has 0 aliphatic carbocycles. The summed E-state index contributed by atoms with van der Waals surface area (Å²) in [5.74, 6) is -1.40. The molecule has 0 amide bonds. The first kappa shape index (κ1) is 94.1. The Labute approximate surface area is 588 Å². The minimum absolute atomic E-state index is 0.105. The number of aliphatic hydroxyl groups excluding tert-OH is 1. The predicted octanol–water partition coefficient (Wildman–Crippen LogP) is 22.9. The van der Waals surface area contributed by atoms with Gasteiger partial charge in [0.25, 0.3) is 0 Å². The van der Waals surface area contributed by atoms with E-state index < -0.39 is 97.5 Å². The quantitative estimate of drug-likeness (QED) is 0.0222. The number of unbranched alkanes of at least 4 members (excludes halogenated alkanes) is 49. The Balaban J connectivity index is 5.19. The molecule has 17 nitrogen and oxygen atoms in total. The van der Waals surface area contributed by atoms with Crippen molar-refractivity contribution in [3.63, 3.8) is 0 Å². The summed E-state index contributed by atoms with van der Waals surface area (Å²) in [5.41, 5.74) is 0. The lowest BCUT2D eigenvalue weighted by Gasteiger charge is -2.21. The summed E-state index contributed by atoms with van der Waals surface area (Å²) in [6.07, 6.45) is 59.8. The molecule has 0 heterocycles. The molecule has 19 heteroatoms. The normalized spacial score (nSPS) is 13.9. The maximum absolute atomic E-state index is 13.1. The molecular weight excluding hydrogens is 1260 g/mol. The SMILES string of the molecule is CCCCCCCCCCCCCCCCCCCCCCCC(=O)O[C@H](COC(=O)CCCCCCCCCCCCCCCCC)COP(=O)(O)OC[C@@H](O)COP(=O)(O)OC[C@@H](COC(=O)CCCCCCCCCCC)OC(=O)CCCCCCCCCCC(C)C. The Morgan fingerprint density at radius 2 is 0.479 bits per heavy atom. The number of rotatable bonds is 77. The highest BCUT2D eigenvalue weighted by atomic mass is 31.2. The minimum Gasteiger partial charge on any atom is -0.462 e. The van der Waals surface area contributed by atoms with Crippen LogP contribution in [-0.4, -0.2) is 96.7 Å². The van der Waals surface area contributed by atoms with Crippen molar-refractivity contribution in [1.82, 2.24) is 0 Å². The van der Waals surface area contributed by atoms with Crippen LogP contribution in [0.3, 0.4) is 0 Å². The molecule has 0 bridgehead atoms. The van der Waals surface area contributed by atoms with Crippen LogP contribution in [0, 0.1) is 5.92 Å². The van der Waals surface area contributed by atoms with E-state index in [1.54, 1.807) is 0 Å². The number of carbonyl (C=O) groups excluding carboxylic acids is 4. The number of aliphatic hydroxyl groups is 1. The summed E-state index contributed by atoms with van der Waals surface area (Å²) in [6, 6.07) is 0.